The van der Waals surface area contributed by atoms with Crippen LogP contribution >= 0.6 is 0 Å². The predicted molar refractivity (Wildman–Crippen MR) is 163 cm³/mol. The molecule has 3 rings (SSSR count). The number of hydrogen-bond acceptors (Lipinski definition) is 1. The highest BCUT2D eigenvalue weighted by Crippen LogP contribution is 2.69. The Hall–Kier alpha value is -0.330. The van der Waals surface area contributed by atoms with Crippen LogP contribution < -0.4 is 0 Å². The number of aldehydes is 1. The first-order valence-electron chi connectivity index (χ1n) is 15.9. The van der Waals surface area contributed by atoms with Crippen molar-refractivity contribution in [3.63, 3.8) is 0 Å². The van der Waals surface area contributed by atoms with Gasteiger partial charge < -0.3 is 4.79 Å². The molecule has 3 fully saturated rings. The fourth-order valence-corrected chi connectivity index (χ4v) is 9.66. The van der Waals surface area contributed by atoms with Gasteiger partial charge in [-0.1, -0.05) is 102 Å². The van der Waals surface area contributed by atoms with Crippen LogP contribution in [0.4, 0.5) is 0 Å². The maximum atomic E-state index is 11.8. The monoisotopic (exact) mass is 507 g/mol. The Bertz CT molecular complexity index is 636. The second-order valence-corrected chi connectivity index (χ2v) is 14.9. The van der Waals surface area contributed by atoms with Gasteiger partial charge in [-0.3, -0.25) is 0 Å². The molecule has 3 aliphatic rings. The third-order valence-corrected chi connectivity index (χ3v) is 11.1. The van der Waals surface area contributed by atoms with Crippen molar-refractivity contribution in [1.82, 2.24) is 0 Å². The van der Waals surface area contributed by atoms with Crippen molar-refractivity contribution in [2.24, 2.45) is 57.7 Å². The third kappa shape index (κ3) is 7.40. The third-order valence-electron chi connectivity index (χ3n) is 11.1. The van der Waals surface area contributed by atoms with Gasteiger partial charge in [0.15, 0.2) is 0 Å². The Kier molecular flexibility index (Phi) is 13.3. The molecule has 1 heteroatoms. The van der Waals surface area contributed by atoms with E-state index in [1.165, 1.54) is 83.3 Å². The van der Waals surface area contributed by atoms with E-state index in [-0.39, 0.29) is 8.85 Å². The van der Waals surface area contributed by atoms with E-state index in [0.29, 0.717) is 22.2 Å². The minimum atomic E-state index is 0. The number of rotatable bonds is 10. The molecule has 0 amide bonds. The lowest BCUT2D eigenvalue weighted by Gasteiger charge is -2.62. The SMILES string of the molecule is C.CC.CCCC1(C)C(CC=O)CC(CC(C)(C)C)C2C3CCC(CCCCC(C)C)C3(C)CCC21.[HH]. The van der Waals surface area contributed by atoms with Crippen molar-refractivity contribution in [3.05, 3.63) is 0 Å². The van der Waals surface area contributed by atoms with Crippen LogP contribution in [0.3, 0.4) is 0 Å². The molecule has 0 aliphatic heterocycles. The molecular formula is C35H70O. The van der Waals surface area contributed by atoms with E-state index in [1.807, 2.05) is 13.8 Å². The van der Waals surface area contributed by atoms with Gasteiger partial charge >= 0.3 is 0 Å². The van der Waals surface area contributed by atoms with E-state index < -0.39 is 0 Å². The minimum absolute atomic E-state index is 0. The Morgan fingerprint density at radius 3 is 2.22 bits per heavy atom. The predicted octanol–water partition coefficient (Wildman–Crippen LogP) is 11.6. The molecule has 0 heterocycles. The van der Waals surface area contributed by atoms with Crippen molar-refractivity contribution in [2.75, 3.05) is 0 Å². The summed E-state index contributed by atoms with van der Waals surface area (Å²) >= 11 is 0. The van der Waals surface area contributed by atoms with Gasteiger partial charge in [-0.05, 0) is 109 Å². The maximum absolute atomic E-state index is 11.8. The molecule has 36 heavy (non-hydrogen) atoms. The topological polar surface area (TPSA) is 17.1 Å². The summed E-state index contributed by atoms with van der Waals surface area (Å²) in [6.07, 6.45) is 18.9. The van der Waals surface area contributed by atoms with E-state index in [1.54, 1.807) is 0 Å². The van der Waals surface area contributed by atoms with E-state index in [9.17, 15) is 4.79 Å². The number of hydrogen-bond donors (Lipinski definition) is 0. The molecule has 3 saturated carbocycles. The molecule has 8 atom stereocenters. The summed E-state index contributed by atoms with van der Waals surface area (Å²) in [6, 6.07) is 0. The standard InChI is InChI=1S/C32H58O.C2H6.CH4.H2/c1-9-18-31(7)26(17-20-33)21-24(22-30(4,5)6)29-27-15-14-25(13-11-10-12-23(2)3)32(27,8)19-16-28(29)31;1-2;;/h20,23-29H,9-19,21-22H2,1-8H3;1-2H3;1H4;1H. The van der Waals surface area contributed by atoms with Gasteiger partial charge in [-0.25, -0.2) is 0 Å². The van der Waals surface area contributed by atoms with Gasteiger partial charge in [0.25, 0.3) is 0 Å². The van der Waals surface area contributed by atoms with Crippen LogP contribution in [0.2, 0.25) is 0 Å². The van der Waals surface area contributed by atoms with E-state index in [0.717, 1.165) is 41.9 Å². The summed E-state index contributed by atoms with van der Waals surface area (Å²) < 4.78 is 0. The number of carbonyl (C=O) groups is 1. The van der Waals surface area contributed by atoms with Gasteiger partial charge in [0, 0.05) is 7.85 Å². The molecule has 3 aliphatic carbocycles. The van der Waals surface area contributed by atoms with Crippen LogP contribution in [0, 0.1) is 57.7 Å². The van der Waals surface area contributed by atoms with E-state index >= 15 is 0 Å². The molecule has 8 unspecified atom stereocenters. The summed E-state index contributed by atoms with van der Waals surface area (Å²) in [6.45, 7) is 23.8. The van der Waals surface area contributed by atoms with Crippen LogP contribution in [0.5, 0.6) is 0 Å². The van der Waals surface area contributed by atoms with Gasteiger partial charge in [0.1, 0.15) is 6.29 Å². The first-order chi connectivity index (χ1) is 16.5. The van der Waals surface area contributed by atoms with Crippen LogP contribution in [0.1, 0.15) is 162 Å². The van der Waals surface area contributed by atoms with E-state index in [4.69, 9.17) is 0 Å². The largest absolute Gasteiger partial charge is 0.303 e. The molecule has 0 aromatic rings. The van der Waals surface area contributed by atoms with Gasteiger partial charge in [-0.2, -0.15) is 0 Å². The molecule has 0 aromatic heterocycles. The smallest absolute Gasteiger partial charge is 0.120 e. The zero-order chi connectivity index (χ0) is 26.4. The summed E-state index contributed by atoms with van der Waals surface area (Å²) in [4.78, 5) is 11.8. The van der Waals surface area contributed by atoms with Gasteiger partial charge in [0.05, 0.1) is 0 Å². The van der Waals surface area contributed by atoms with Crippen LogP contribution in [0.15, 0.2) is 0 Å². The Morgan fingerprint density at radius 2 is 1.67 bits per heavy atom. The average Bonchev–Trinajstić information content (AvgIpc) is 3.11. The Morgan fingerprint density at radius 1 is 1.00 bits per heavy atom. The molecule has 0 spiro atoms. The highest BCUT2D eigenvalue weighted by atomic mass is 16.1. The average molecular weight is 507 g/mol. The zero-order valence-electron chi connectivity index (χ0n) is 25.7. The van der Waals surface area contributed by atoms with Crippen LogP contribution in [-0.2, 0) is 4.79 Å². The fraction of sp³-hybridized carbons (Fsp3) is 0.971. The van der Waals surface area contributed by atoms with Crippen molar-refractivity contribution in [3.8, 4) is 0 Å². The first kappa shape index (κ1) is 33.7. The molecule has 1 nitrogen and oxygen atoms in total. The molecule has 216 valence electrons. The van der Waals surface area contributed by atoms with Gasteiger partial charge in [-0.15, -0.1) is 0 Å². The first-order valence-corrected chi connectivity index (χ1v) is 15.9. The fourth-order valence-electron chi connectivity index (χ4n) is 9.66. The summed E-state index contributed by atoms with van der Waals surface area (Å²) in [5.74, 6) is 5.87. The second-order valence-electron chi connectivity index (χ2n) is 14.9. The van der Waals surface area contributed by atoms with Gasteiger partial charge in [0.2, 0.25) is 0 Å². The molecule has 0 radical (unpaired) electrons. The van der Waals surface area contributed by atoms with Crippen molar-refractivity contribution >= 4 is 6.29 Å². The number of fused-ring (bicyclic) bond motifs is 3. The Balaban J connectivity index is 0.00000316. The maximum Gasteiger partial charge on any atom is 0.120 e. The lowest BCUT2D eigenvalue weighted by molar-refractivity contribution is -0.140. The summed E-state index contributed by atoms with van der Waals surface area (Å²) in [5.41, 5.74) is 1.31. The molecule has 0 saturated heterocycles. The van der Waals surface area contributed by atoms with Crippen LogP contribution in [0.25, 0.3) is 0 Å². The highest BCUT2D eigenvalue weighted by Gasteiger charge is 2.61. The number of unbranched alkanes of at least 4 members (excludes halogenated alkanes) is 1. The molecule has 0 N–H and O–H groups in total. The zero-order valence-corrected chi connectivity index (χ0v) is 25.7. The summed E-state index contributed by atoms with van der Waals surface area (Å²) in [5, 5.41) is 0. The van der Waals surface area contributed by atoms with Crippen molar-refractivity contribution in [2.45, 2.75) is 160 Å². The highest BCUT2D eigenvalue weighted by molar-refractivity contribution is 5.50. The normalized spacial score (nSPS) is 37.9. The number of carbonyl (C=O) groups excluding carboxylic acids is 1. The van der Waals surface area contributed by atoms with Crippen molar-refractivity contribution < 1.29 is 6.22 Å². The molecule has 0 bridgehead atoms. The lowest BCUT2D eigenvalue weighted by atomic mass is 9.42. The Labute approximate surface area is 230 Å². The van der Waals surface area contributed by atoms with Crippen molar-refractivity contribution in [1.29, 1.82) is 0 Å². The molecular weight excluding hydrogens is 436 g/mol. The van der Waals surface area contributed by atoms with Crippen LogP contribution in [-0.4, -0.2) is 6.29 Å². The quantitative estimate of drug-likeness (QED) is 0.213. The lowest BCUT2D eigenvalue weighted by Crippen LogP contribution is -2.55. The second kappa shape index (κ2) is 14.2. The summed E-state index contributed by atoms with van der Waals surface area (Å²) in [7, 11) is 0. The van der Waals surface area contributed by atoms with E-state index in [2.05, 4.69) is 55.4 Å². The minimum Gasteiger partial charge on any atom is -0.303 e. The molecule has 0 aromatic carbocycles.